The van der Waals surface area contributed by atoms with Gasteiger partial charge < -0.3 is 10.1 Å². The molecule has 1 N–H and O–H groups in total. The van der Waals surface area contributed by atoms with Crippen molar-refractivity contribution in [3.05, 3.63) is 40.2 Å². The minimum Gasteiger partial charge on any atom is -0.467 e. The second-order valence-electron chi connectivity index (χ2n) is 4.56. The molecule has 114 valence electrons. The van der Waals surface area contributed by atoms with E-state index >= 15 is 0 Å². The second kappa shape index (κ2) is 5.60. The summed E-state index contributed by atoms with van der Waals surface area (Å²) in [5, 5.41) is 2.61. The molecule has 1 unspecified atom stereocenters. The van der Waals surface area contributed by atoms with Gasteiger partial charge in [-0.25, -0.2) is 0 Å². The Morgan fingerprint density at radius 2 is 2.00 bits per heavy atom. The molecule has 1 aromatic rings. The number of carbonyl (C=O) groups excluding carboxylic acids is 1. The molecule has 21 heavy (non-hydrogen) atoms. The quantitative estimate of drug-likeness (QED) is 0.924. The Morgan fingerprint density at radius 1 is 1.33 bits per heavy atom. The fourth-order valence-corrected chi connectivity index (χ4v) is 2.39. The molecular weight excluding hydrogens is 307 g/mol. The number of Topliss-reactive ketones (excluding diaryl/α,β-unsaturated/α-hetero) is 1. The van der Waals surface area contributed by atoms with Gasteiger partial charge in [0.1, 0.15) is 0 Å². The van der Waals surface area contributed by atoms with Crippen LogP contribution in [-0.4, -0.2) is 18.9 Å². The molecule has 0 saturated heterocycles. The molecule has 1 aliphatic rings. The molecule has 0 spiro atoms. The first-order chi connectivity index (χ1) is 9.77. The number of hydrogen-bond acceptors (Lipinski definition) is 3. The number of nitrogens with one attached hydrogen (secondary N) is 1. The average molecular weight is 320 g/mol. The molecule has 1 atom stereocenters. The Labute approximate surface area is 124 Å². The summed E-state index contributed by atoms with van der Waals surface area (Å²) in [6.45, 7) is 1.76. The summed E-state index contributed by atoms with van der Waals surface area (Å²) in [6, 6.07) is 3.04. The zero-order valence-electron chi connectivity index (χ0n) is 11.3. The second-order valence-corrected chi connectivity index (χ2v) is 5.00. The first kappa shape index (κ1) is 15.7. The molecule has 3 nitrogen and oxygen atoms in total. The van der Waals surface area contributed by atoms with Gasteiger partial charge in [0.05, 0.1) is 11.1 Å². The third-order valence-corrected chi connectivity index (χ3v) is 3.36. The first-order valence-electron chi connectivity index (χ1n) is 6.29. The van der Waals surface area contributed by atoms with Gasteiger partial charge in [-0.1, -0.05) is 18.5 Å². The molecule has 1 aromatic carbocycles. The van der Waals surface area contributed by atoms with E-state index in [2.05, 4.69) is 5.32 Å². The van der Waals surface area contributed by atoms with Gasteiger partial charge in [-0.2, -0.15) is 13.2 Å². The van der Waals surface area contributed by atoms with E-state index in [0.29, 0.717) is 6.42 Å². The van der Waals surface area contributed by atoms with Crippen molar-refractivity contribution in [1.82, 2.24) is 5.32 Å². The smallest absolute Gasteiger partial charge is 0.416 e. The van der Waals surface area contributed by atoms with Gasteiger partial charge in [-0.15, -0.1) is 0 Å². The van der Waals surface area contributed by atoms with Crippen LogP contribution < -0.4 is 5.32 Å². The largest absolute Gasteiger partial charge is 0.467 e. The van der Waals surface area contributed by atoms with Crippen LogP contribution in [0.25, 0.3) is 5.57 Å². The van der Waals surface area contributed by atoms with Crippen LogP contribution in [-0.2, 0) is 15.7 Å². The minimum absolute atomic E-state index is 0.0875. The van der Waals surface area contributed by atoms with Gasteiger partial charge in [0.25, 0.3) is 0 Å². The van der Waals surface area contributed by atoms with Crippen LogP contribution in [0.5, 0.6) is 0 Å². The van der Waals surface area contributed by atoms with E-state index in [0.717, 1.165) is 12.1 Å². The Kier molecular flexibility index (Phi) is 4.18. The summed E-state index contributed by atoms with van der Waals surface area (Å²) in [5.41, 5.74) is -0.710. The molecule has 0 radical (unpaired) electrons. The fourth-order valence-electron chi connectivity index (χ4n) is 2.15. The number of rotatable bonds is 3. The molecule has 1 aliphatic heterocycles. The molecule has 0 amide bonds. The third-order valence-electron chi connectivity index (χ3n) is 3.14. The van der Waals surface area contributed by atoms with Crippen molar-refractivity contribution in [1.29, 1.82) is 0 Å². The SMILES string of the molecule is CCC1OC(NC)=C(c2cc(Cl)cc(C(F)(F)F)c2)C1=O. The van der Waals surface area contributed by atoms with Crippen LogP contribution in [0.3, 0.4) is 0 Å². The molecule has 1 heterocycles. The monoisotopic (exact) mass is 319 g/mol. The third kappa shape index (κ3) is 3.00. The molecule has 0 fully saturated rings. The van der Waals surface area contributed by atoms with Crippen LogP contribution >= 0.6 is 11.6 Å². The molecule has 0 aliphatic carbocycles. The molecule has 7 heteroatoms. The van der Waals surface area contributed by atoms with Crippen molar-refractivity contribution in [3.63, 3.8) is 0 Å². The zero-order valence-corrected chi connectivity index (χ0v) is 12.1. The number of alkyl halides is 3. The maximum Gasteiger partial charge on any atom is 0.416 e. The summed E-state index contributed by atoms with van der Waals surface area (Å²) < 4.78 is 43.9. The van der Waals surface area contributed by atoms with Crippen LogP contribution in [0.4, 0.5) is 13.2 Å². The van der Waals surface area contributed by atoms with E-state index in [1.54, 1.807) is 6.92 Å². The first-order valence-corrected chi connectivity index (χ1v) is 6.66. The zero-order chi connectivity index (χ0) is 15.8. The van der Waals surface area contributed by atoms with Crippen molar-refractivity contribution in [2.75, 3.05) is 7.05 Å². The van der Waals surface area contributed by atoms with Gasteiger partial charge in [0.15, 0.2) is 12.0 Å². The summed E-state index contributed by atoms with van der Waals surface area (Å²) in [5.74, 6) is -0.181. The summed E-state index contributed by atoms with van der Waals surface area (Å²) in [6.07, 6.45) is -4.79. The summed E-state index contributed by atoms with van der Waals surface area (Å²) in [7, 11) is 1.54. The number of ketones is 1. The van der Waals surface area contributed by atoms with E-state index in [1.807, 2.05) is 0 Å². The average Bonchev–Trinajstić information content (AvgIpc) is 2.73. The standard InChI is InChI=1S/C14H13ClF3NO2/c1-3-10-12(20)11(13(19-2)21-10)7-4-8(14(16,17)18)6-9(15)5-7/h4-6,10,19H,3H2,1-2H3. The van der Waals surface area contributed by atoms with Crippen molar-refractivity contribution in [2.24, 2.45) is 0 Å². The maximum absolute atomic E-state index is 12.8. The van der Waals surface area contributed by atoms with E-state index in [4.69, 9.17) is 16.3 Å². The number of ether oxygens (including phenoxy) is 1. The molecule has 0 bridgehead atoms. The normalized spacial score (nSPS) is 19.0. The van der Waals surface area contributed by atoms with Gasteiger partial charge in [-0.3, -0.25) is 4.79 Å². The Balaban J connectivity index is 2.55. The highest BCUT2D eigenvalue weighted by atomic mass is 35.5. The van der Waals surface area contributed by atoms with Crippen LogP contribution in [0.2, 0.25) is 5.02 Å². The van der Waals surface area contributed by atoms with Crippen molar-refractivity contribution < 1.29 is 22.7 Å². The lowest BCUT2D eigenvalue weighted by Gasteiger charge is -2.10. The number of carbonyl (C=O) groups is 1. The molecule has 2 rings (SSSR count). The molecule has 0 saturated carbocycles. The molecule has 0 aromatic heterocycles. The highest BCUT2D eigenvalue weighted by Gasteiger charge is 2.37. The Bertz CT molecular complexity index is 611. The summed E-state index contributed by atoms with van der Waals surface area (Å²) in [4.78, 5) is 12.2. The van der Waals surface area contributed by atoms with Crippen LogP contribution in [0.1, 0.15) is 24.5 Å². The minimum atomic E-state index is -4.54. The fraction of sp³-hybridized carbons (Fsp3) is 0.357. The van der Waals surface area contributed by atoms with E-state index < -0.39 is 17.8 Å². The Morgan fingerprint density at radius 3 is 2.52 bits per heavy atom. The van der Waals surface area contributed by atoms with Crippen LogP contribution in [0, 0.1) is 0 Å². The maximum atomic E-state index is 12.8. The van der Waals surface area contributed by atoms with Crippen molar-refractivity contribution in [2.45, 2.75) is 25.6 Å². The predicted octanol–water partition coefficient (Wildman–Crippen LogP) is 3.62. The van der Waals surface area contributed by atoms with Gasteiger partial charge >= 0.3 is 6.18 Å². The number of benzene rings is 1. The Hall–Kier alpha value is -1.69. The van der Waals surface area contributed by atoms with E-state index in [9.17, 15) is 18.0 Å². The topological polar surface area (TPSA) is 38.3 Å². The van der Waals surface area contributed by atoms with Gasteiger partial charge in [0.2, 0.25) is 5.78 Å². The van der Waals surface area contributed by atoms with E-state index in [1.165, 1.54) is 13.1 Å². The van der Waals surface area contributed by atoms with E-state index in [-0.39, 0.29) is 27.8 Å². The van der Waals surface area contributed by atoms with Gasteiger partial charge in [0, 0.05) is 12.1 Å². The molecular formula is C14H13ClF3NO2. The predicted molar refractivity (Wildman–Crippen MR) is 72.6 cm³/mol. The van der Waals surface area contributed by atoms with Crippen molar-refractivity contribution >= 4 is 23.0 Å². The number of halogens is 4. The highest BCUT2D eigenvalue weighted by molar-refractivity contribution is 6.31. The highest BCUT2D eigenvalue weighted by Crippen LogP contribution is 2.36. The lowest BCUT2D eigenvalue weighted by atomic mass is 9.98. The van der Waals surface area contributed by atoms with Gasteiger partial charge in [-0.05, 0) is 30.2 Å². The summed E-state index contributed by atoms with van der Waals surface area (Å²) >= 11 is 5.75. The van der Waals surface area contributed by atoms with Crippen molar-refractivity contribution in [3.8, 4) is 0 Å². The lowest BCUT2D eigenvalue weighted by Crippen LogP contribution is -2.17. The lowest BCUT2D eigenvalue weighted by molar-refractivity contribution is -0.137. The van der Waals surface area contributed by atoms with Crippen LogP contribution in [0.15, 0.2) is 24.1 Å². The number of hydrogen-bond donors (Lipinski definition) is 1.